The van der Waals surface area contributed by atoms with Crippen LogP contribution in [0.15, 0.2) is 36.9 Å². The van der Waals surface area contributed by atoms with Crippen LogP contribution >= 0.6 is 0 Å². The van der Waals surface area contributed by atoms with E-state index in [4.69, 9.17) is 14.1 Å². The van der Waals surface area contributed by atoms with Crippen LogP contribution in [0.4, 0.5) is 0 Å². The van der Waals surface area contributed by atoms with Crippen LogP contribution < -0.4 is 5.46 Å². The zero-order valence-corrected chi connectivity index (χ0v) is 20.3. The van der Waals surface area contributed by atoms with Gasteiger partial charge in [-0.05, 0) is 64.6 Å². The predicted molar refractivity (Wildman–Crippen MR) is 126 cm³/mol. The van der Waals surface area contributed by atoms with Crippen molar-refractivity contribution in [3.63, 3.8) is 0 Å². The predicted octanol–water partition coefficient (Wildman–Crippen LogP) is 1.97. The number of esters is 2. The first-order valence-corrected chi connectivity index (χ1v) is 11.1. The molecular weight excluding hydrogens is 423 g/mol. The van der Waals surface area contributed by atoms with Gasteiger partial charge in [0.15, 0.2) is 5.92 Å². The molecule has 178 valence electrons. The van der Waals surface area contributed by atoms with Crippen molar-refractivity contribution in [2.75, 3.05) is 13.2 Å². The van der Waals surface area contributed by atoms with E-state index < -0.39 is 29.1 Å². The molecular formula is C24H33BN2O6. The average Bonchev–Trinajstić information content (AvgIpc) is 2.76. The van der Waals surface area contributed by atoms with Crippen LogP contribution in [0, 0.1) is 5.92 Å². The Labute approximate surface area is 196 Å². The topological polar surface area (TPSA) is 108 Å². The highest BCUT2D eigenvalue weighted by atomic mass is 16.6. The molecule has 0 aliphatic carbocycles. The van der Waals surface area contributed by atoms with E-state index in [1.807, 2.05) is 32.0 Å². The minimum atomic E-state index is -1.10. The number of carbonyl (C=O) groups is 2. The molecule has 1 aromatic carbocycles. The first-order chi connectivity index (χ1) is 15.5. The van der Waals surface area contributed by atoms with Gasteiger partial charge in [-0.15, -0.1) is 0 Å². The normalized spacial score (nSPS) is 11.9. The minimum Gasteiger partial charge on any atom is -0.465 e. The second-order valence-corrected chi connectivity index (χ2v) is 8.73. The quantitative estimate of drug-likeness (QED) is 0.311. The van der Waals surface area contributed by atoms with Crippen molar-refractivity contribution >= 4 is 24.9 Å². The van der Waals surface area contributed by atoms with E-state index in [0.717, 1.165) is 22.2 Å². The van der Waals surface area contributed by atoms with Crippen LogP contribution in [0.25, 0.3) is 11.1 Å². The lowest BCUT2D eigenvalue weighted by atomic mass is 9.77. The minimum absolute atomic E-state index is 0.0842. The van der Waals surface area contributed by atoms with E-state index in [-0.39, 0.29) is 27.1 Å². The van der Waals surface area contributed by atoms with Gasteiger partial charge in [-0.2, -0.15) is 0 Å². The average molecular weight is 456 g/mol. The summed E-state index contributed by atoms with van der Waals surface area (Å²) in [4.78, 5) is 33.3. The second-order valence-electron chi connectivity index (χ2n) is 8.73. The summed E-state index contributed by atoms with van der Waals surface area (Å²) in [6.45, 7) is 10.7. The van der Waals surface area contributed by atoms with Crippen molar-refractivity contribution in [1.82, 2.24) is 9.97 Å². The van der Waals surface area contributed by atoms with Gasteiger partial charge >= 0.3 is 19.4 Å². The molecule has 0 bridgehead atoms. The van der Waals surface area contributed by atoms with Crippen LogP contribution in [0.5, 0.6) is 0 Å². The van der Waals surface area contributed by atoms with Crippen molar-refractivity contribution in [2.24, 2.45) is 5.92 Å². The Kier molecular flexibility index (Phi) is 9.13. The number of aromatic nitrogens is 2. The highest BCUT2D eigenvalue weighted by molar-refractivity contribution is 6.47. The zero-order chi connectivity index (χ0) is 24.6. The maximum atomic E-state index is 12.6. The van der Waals surface area contributed by atoms with Gasteiger partial charge in [-0.25, -0.2) is 9.97 Å². The van der Waals surface area contributed by atoms with E-state index in [0.29, 0.717) is 0 Å². The molecule has 0 aliphatic heterocycles. The highest BCUT2D eigenvalue weighted by Crippen LogP contribution is 2.25. The lowest BCUT2D eigenvalue weighted by Crippen LogP contribution is -2.49. The van der Waals surface area contributed by atoms with E-state index in [9.17, 15) is 14.7 Å². The largest absolute Gasteiger partial charge is 0.465 e. The Morgan fingerprint density at radius 1 is 1.00 bits per heavy atom. The lowest BCUT2D eigenvalue weighted by Gasteiger charge is -2.37. The van der Waals surface area contributed by atoms with Crippen LogP contribution in [0.3, 0.4) is 0 Å². The fraction of sp³-hybridized carbons (Fsp3) is 0.500. The first kappa shape index (κ1) is 26.5. The second kappa shape index (κ2) is 11.4. The molecule has 0 aliphatic rings. The molecule has 0 unspecified atom stereocenters. The lowest BCUT2D eigenvalue weighted by molar-refractivity contribution is -0.161. The summed E-state index contributed by atoms with van der Waals surface area (Å²) in [6.07, 6.45) is 4.91. The smallest absolute Gasteiger partial charge is 0.320 e. The van der Waals surface area contributed by atoms with Crippen molar-refractivity contribution in [1.29, 1.82) is 0 Å². The molecule has 1 heterocycles. The van der Waals surface area contributed by atoms with E-state index in [2.05, 4.69) is 9.97 Å². The third kappa shape index (κ3) is 7.10. The molecule has 2 aromatic rings. The number of carbonyl (C=O) groups excluding carboxylic acids is 2. The Balaban J connectivity index is 2.45. The Morgan fingerprint density at radius 3 is 2.09 bits per heavy atom. The SMILES string of the molecule is CCOC(=O)C(Cc1cc(-c2cncnc2)ccc1BOC(C)(C)C(C)(C)O)C(=O)OCC. The van der Waals surface area contributed by atoms with Crippen molar-refractivity contribution in [3.8, 4) is 11.1 Å². The van der Waals surface area contributed by atoms with Gasteiger partial charge in [-0.3, -0.25) is 9.59 Å². The van der Waals surface area contributed by atoms with Gasteiger partial charge in [0.05, 0.1) is 24.4 Å². The molecule has 1 aromatic heterocycles. The monoisotopic (exact) mass is 456 g/mol. The van der Waals surface area contributed by atoms with E-state index in [1.165, 1.54) is 6.33 Å². The van der Waals surface area contributed by atoms with Crippen molar-refractivity contribution in [2.45, 2.75) is 59.2 Å². The van der Waals surface area contributed by atoms with Crippen molar-refractivity contribution < 1.29 is 28.8 Å². The number of ether oxygens (including phenoxy) is 2. The van der Waals surface area contributed by atoms with Crippen LogP contribution in [0.1, 0.15) is 47.1 Å². The van der Waals surface area contributed by atoms with Crippen LogP contribution in [-0.4, -0.2) is 58.9 Å². The number of hydrogen-bond donors (Lipinski definition) is 1. The summed E-state index contributed by atoms with van der Waals surface area (Å²) in [6, 6.07) is 5.67. The number of nitrogens with zero attached hydrogens (tertiary/aromatic N) is 2. The fourth-order valence-electron chi connectivity index (χ4n) is 2.99. The number of rotatable bonds is 11. The van der Waals surface area contributed by atoms with Crippen molar-refractivity contribution in [3.05, 3.63) is 42.5 Å². The van der Waals surface area contributed by atoms with Gasteiger partial charge in [0.2, 0.25) is 0 Å². The Morgan fingerprint density at radius 2 is 1.58 bits per heavy atom. The maximum Gasteiger partial charge on any atom is 0.320 e. The maximum absolute atomic E-state index is 12.6. The number of aliphatic hydroxyl groups is 1. The summed E-state index contributed by atoms with van der Waals surface area (Å²) >= 11 is 0. The summed E-state index contributed by atoms with van der Waals surface area (Å²) in [7, 11) is 0.177. The molecule has 0 saturated carbocycles. The Bertz CT molecular complexity index is 926. The molecule has 1 N–H and O–H groups in total. The van der Waals surface area contributed by atoms with Crippen LogP contribution in [-0.2, 0) is 30.1 Å². The van der Waals surface area contributed by atoms with Gasteiger partial charge < -0.3 is 19.2 Å². The zero-order valence-electron chi connectivity index (χ0n) is 20.3. The fourth-order valence-corrected chi connectivity index (χ4v) is 2.99. The Hall–Kier alpha value is -2.78. The standard InChI is InChI=1S/C24H33BN2O6/c1-7-31-21(28)19(22(29)32-8-2)12-17-11-16(18-13-26-15-27-14-18)9-10-20(17)25-33-24(5,6)23(3,4)30/h9-11,13-15,19,25,30H,7-8,12H2,1-6H3. The van der Waals surface area contributed by atoms with E-state index >= 15 is 0 Å². The summed E-state index contributed by atoms with van der Waals surface area (Å²) in [5.74, 6) is -2.37. The van der Waals surface area contributed by atoms with Crippen LogP contribution in [0.2, 0.25) is 0 Å². The summed E-state index contributed by atoms with van der Waals surface area (Å²) < 4.78 is 16.3. The molecule has 0 amide bonds. The van der Waals surface area contributed by atoms with Gasteiger partial charge in [0, 0.05) is 18.0 Å². The van der Waals surface area contributed by atoms with Gasteiger partial charge in [-0.1, -0.05) is 18.2 Å². The number of benzene rings is 1. The van der Waals surface area contributed by atoms with Gasteiger partial charge in [0.1, 0.15) is 6.33 Å². The first-order valence-electron chi connectivity index (χ1n) is 11.1. The third-order valence-electron chi connectivity index (χ3n) is 5.73. The molecule has 8 nitrogen and oxygen atoms in total. The summed E-state index contributed by atoms with van der Waals surface area (Å²) in [5.41, 5.74) is 1.24. The third-order valence-corrected chi connectivity index (χ3v) is 5.73. The number of hydrogen-bond acceptors (Lipinski definition) is 8. The molecule has 9 heteroatoms. The van der Waals surface area contributed by atoms with E-state index in [1.54, 1.807) is 40.1 Å². The molecule has 0 saturated heterocycles. The highest BCUT2D eigenvalue weighted by Gasteiger charge is 2.36. The molecule has 0 radical (unpaired) electrons. The molecule has 0 atom stereocenters. The molecule has 0 fully saturated rings. The van der Waals surface area contributed by atoms with Gasteiger partial charge in [0.25, 0.3) is 0 Å². The molecule has 0 spiro atoms. The molecule has 2 rings (SSSR count). The summed E-state index contributed by atoms with van der Waals surface area (Å²) in [5, 5.41) is 10.4. The molecule has 33 heavy (non-hydrogen) atoms.